The summed E-state index contributed by atoms with van der Waals surface area (Å²) in [6.45, 7) is 2.01. The predicted octanol–water partition coefficient (Wildman–Crippen LogP) is 3.02. The average Bonchev–Trinajstić information content (AvgIpc) is 3.34. The Morgan fingerprint density at radius 3 is 2.28 bits per heavy atom. The number of rotatable bonds is 8. The summed E-state index contributed by atoms with van der Waals surface area (Å²) < 4.78 is 0. The van der Waals surface area contributed by atoms with Crippen LogP contribution in [0.15, 0.2) is 95.6 Å². The lowest BCUT2D eigenvalue weighted by Gasteiger charge is -2.23. The summed E-state index contributed by atoms with van der Waals surface area (Å²) in [7, 11) is 0. The zero-order valence-electron chi connectivity index (χ0n) is 20.1. The van der Waals surface area contributed by atoms with Gasteiger partial charge in [0.1, 0.15) is 0 Å². The van der Waals surface area contributed by atoms with Crippen molar-refractivity contribution in [2.24, 2.45) is 10.8 Å². The van der Waals surface area contributed by atoms with Gasteiger partial charge in [-0.05, 0) is 18.1 Å². The number of para-hydroxylation sites is 1. The highest BCUT2D eigenvalue weighted by atomic mass is 16.4. The molecule has 1 aliphatic heterocycles. The summed E-state index contributed by atoms with van der Waals surface area (Å²) in [6.07, 6.45) is 1.84. The van der Waals surface area contributed by atoms with Gasteiger partial charge in [-0.3, -0.25) is 9.59 Å². The van der Waals surface area contributed by atoms with E-state index in [4.69, 9.17) is 10.8 Å². The van der Waals surface area contributed by atoms with Crippen molar-refractivity contribution in [3.05, 3.63) is 107 Å². The van der Waals surface area contributed by atoms with Crippen LogP contribution in [0.3, 0.4) is 0 Å². The third-order valence-corrected chi connectivity index (χ3v) is 6.03. The summed E-state index contributed by atoms with van der Waals surface area (Å²) in [6, 6.07) is 26.7. The second kappa shape index (κ2) is 11.3. The number of carboxylic acid groups (broad SMARTS) is 1. The molecule has 0 bridgehead atoms. The van der Waals surface area contributed by atoms with Crippen molar-refractivity contribution in [1.82, 2.24) is 5.01 Å². The van der Waals surface area contributed by atoms with Crippen LogP contribution in [0.25, 0.3) is 5.70 Å². The van der Waals surface area contributed by atoms with Gasteiger partial charge >= 0.3 is 5.97 Å². The number of nitrogens with one attached hydrogen (secondary N) is 1. The summed E-state index contributed by atoms with van der Waals surface area (Å²) in [5.74, 6) is -1.39. The molecular weight excluding hydrogens is 452 g/mol. The van der Waals surface area contributed by atoms with Crippen molar-refractivity contribution in [2.45, 2.75) is 32.2 Å². The Balaban J connectivity index is 1.78. The van der Waals surface area contributed by atoms with Crippen LogP contribution in [0.4, 0.5) is 5.69 Å². The van der Waals surface area contributed by atoms with E-state index >= 15 is 0 Å². The van der Waals surface area contributed by atoms with Gasteiger partial charge in [0.25, 0.3) is 0 Å². The normalized spacial score (nSPS) is 16.1. The standard InChI is InChI=1S/C29H28N4O3/c1-20-12-14-22(15-13-20)29(30)24(19-31-23-10-6-3-7-11-23)26-18-25(21-8-4-2-5-9-21)32-33(26)27(34)16-17-28(35)36/h2-15,19,26H,16-18,30H2,1H3,(H,35,36)/p+1. The first-order chi connectivity index (χ1) is 17.4. The SMILES string of the molecule is Cc1ccc(C(N)=C(C=[NH+]c2ccccc2)C2CC(c3ccccc3)=NN2C(=O)CCC(=O)O)cc1. The zero-order valence-corrected chi connectivity index (χ0v) is 20.1. The van der Waals surface area contributed by atoms with Crippen molar-refractivity contribution in [1.29, 1.82) is 0 Å². The Hall–Kier alpha value is -4.52. The van der Waals surface area contributed by atoms with E-state index in [1.165, 1.54) is 5.01 Å². The van der Waals surface area contributed by atoms with Gasteiger partial charge in [0, 0.05) is 25.0 Å². The Bertz CT molecular complexity index is 1310. The second-order valence-corrected chi connectivity index (χ2v) is 8.65. The van der Waals surface area contributed by atoms with Crippen LogP contribution in [0.2, 0.25) is 0 Å². The molecule has 0 aliphatic carbocycles. The van der Waals surface area contributed by atoms with Crippen LogP contribution >= 0.6 is 0 Å². The molecule has 3 aromatic rings. The van der Waals surface area contributed by atoms with Gasteiger partial charge < -0.3 is 10.8 Å². The van der Waals surface area contributed by atoms with E-state index in [0.717, 1.165) is 28.1 Å². The Kier molecular flexibility index (Phi) is 7.70. The summed E-state index contributed by atoms with van der Waals surface area (Å²) in [5, 5.41) is 15.2. The molecule has 182 valence electrons. The lowest BCUT2D eigenvalue weighted by atomic mass is 9.95. The number of hydrazone groups is 1. The number of aryl methyl sites for hydroxylation is 1. The third kappa shape index (κ3) is 5.93. The second-order valence-electron chi connectivity index (χ2n) is 8.65. The molecule has 0 radical (unpaired) electrons. The van der Waals surface area contributed by atoms with E-state index in [1.54, 1.807) is 0 Å². The van der Waals surface area contributed by atoms with E-state index in [0.29, 0.717) is 17.7 Å². The first kappa shape index (κ1) is 24.6. The molecular formula is C29H29N4O3+. The largest absolute Gasteiger partial charge is 0.481 e. The summed E-state index contributed by atoms with van der Waals surface area (Å²) in [4.78, 5) is 27.6. The number of carbonyl (C=O) groups excluding carboxylic acids is 1. The van der Waals surface area contributed by atoms with Crippen molar-refractivity contribution in [3.63, 3.8) is 0 Å². The van der Waals surface area contributed by atoms with Crippen LogP contribution in [0, 0.1) is 6.92 Å². The number of nitrogens with two attached hydrogens (primary N) is 1. The van der Waals surface area contributed by atoms with Crippen LogP contribution < -0.4 is 10.7 Å². The molecule has 1 amide bonds. The van der Waals surface area contributed by atoms with E-state index in [2.05, 4.69) is 10.1 Å². The molecule has 4 N–H and O–H groups in total. The Morgan fingerprint density at radius 2 is 1.64 bits per heavy atom. The number of carboxylic acids is 1. The highest BCUT2D eigenvalue weighted by molar-refractivity contribution is 6.05. The van der Waals surface area contributed by atoms with Crippen molar-refractivity contribution in [2.75, 3.05) is 0 Å². The van der Waals surface area contributed by atoms with Gasteiger partial charge in [-0.25, -0.2) is 10.0 Å². The van der Waals surface area contributed by atoms with E-state index in [-0.39, 0.29) is 18.7 Å². The van der Waals surface area contributed by atoms with Crippen LogP contribution in [-0.4, -0.2) is 40.0 Å². The quantitative estimate of drug-likeness (QED) is 0.430. The van der Waals surface area contributed by atoms with Crippen molar-refractivity contribution >= 4 is 35.2 Å². The average molecular weight is 482 g/mol. The molecule has 1 aliphatic rings. The van der Waals surface area contributed by atoms with Crippen LogP contribution in [0.5, 0.6) is 0 Å². The highest BCUT2D eigenvalue weighted by Gasteiger charge is 2.36. The fraction of sp³-hybridized carbons (Fsp3) is 0.172. The number of hydrogen-bond acceptors (Lipinski definition) is 4. The molecule has 4 rings (SSSR count). The Labute approximate surface area is 210 Å². The molecule has 3 aromatic carbocycles. The molecule has 0 saturated heterocycles. The van der Waals surface area contributed by atoms with Gasteiger partial charge in [0.15, 0.2) is 6.21 Å². The third-order valence-electron chi connectivity index (χ3n) is 6.03. The zero-order chi connectivity index (χ0) is 25.5. The van der Waals surface area contributed by atoms with Gasteiger partial charge in [-0.15, -0.1) is 0 Å². The molecule has 7 nitrogen and oxygen atoms in total. The molecule has 1 unspecified atom stereocenters. The Morgan fingerprint density at radius 1 is 1.00 bits per heavy atom. The topological polar surface area (TPSA) is 110 Å². The lowest BCUT2D eigenvalue weighted by molar-refractivity contribution is -0.347. The number of carbonyl (C=O) groups is 2. The smallest absolute Gasteiger partial charge is 0.303 e. The molecule has 1 atom stereocenters. The fourth-order valence-electron chi connectivity index (χ4n) is 4.06. The van der Waals surface area contributed by atoms with Gasteiger partial charge in [0.05, 0.1) is 29.4 Å². The van der Waals surface area contributed by atoms with E-state index < -0.39 is 12.0 Å². The number of aliphatic carboxylic acids is 1. The number of benzene rings is 3. The summed E-state index contributed by atoms with van der Waals surface area (Å²) >= 11 is 0. The van der Waals surface area contributed by atoms with E-state index in [9.17, 15) is 9.59 Å². The minimum absolute atomic E-state index is 0.152. The molecule has 1 heterocycles. The lowest BCUT2D eigenvalue weighted by Crippen LogP contribution is -2.62. The monoisotopic (exact) mass is 481 g/mol. The van der Waals surface area contributed by atoms with Crippen LogP contribution in [0.1, 0.15) is 36.0 Å². The minimum atomic E-state index is -1.03. The fourth-order valence-corrected chi connectivity index (χ4v) is 4.06. The van der Waals surface area contributed by atoms with Gasteiger partial charge in [-0.2, -0.15) is 5.10 Å². The maximum atomic E-state index is 13.2. The summed E-state index contributed by atoms with van der Waals surface area (Å²) in [5.41, 5.74) is 12.4. The molecule has 7 heteroatoms. The van der Waals surface area contributed by atoms with E-state index in [1.807, 2.05) is 98.1 Å². The number of amides is 1. The number of hydrogen-bond donors (Lipinski definition) is 3. The highest BCUT2D eigenvalue weighted by Crippen LogP contribution is 2.29. The van der Waals surface area contributed by atoms with Gasteiger partial charge in [0.2, 0.25) is 11.6 Å². The maximum Gasteiger partial charge on any atom is 0.303 e. The van der Waals surface area contributed by atoms with Crippen molar-refractivity contribution in [3.8, 4) is 0 Å². The van der Waals surface area contributed by atoms with Crippen LogP contribution in [-0.2, 0) is 9.59 Å². The first-order valence-corrected chi connectivity index (χ1v) is 11.8. The molecule has 0 spiro atoms. The first-order valence-electron chi connectivity index (χ1n) is 11.8. The predicted molar refractivity (Wildman–Crippen MR) is 141 cm³/mol. The molecule has 0 fully saturated rings. The molecule has 0 saturated carbocycles. The minimum Gasteiger partial charge on any atom is -0.481 e. The number of nitrogens with zero attached hydrogens (tertiary/aromatic N) is 2. The molecule has 36 heavy (non-hydrogen) atoms. The van der Waals surface area contributed by atoms with Crippen molar-refractivity contribution < 1.29 is 19.7 Å². The molecule has 0 aromatic heterocycles. The van der Waals surface area contributed by atoms with Gasteiger partial charge in [-0.1, -0.05) is 78.4 Å². The maximum absolute atomic E-state index is 13.2.